The Hall–Kier alpha value is -2.58. The maximum Gasteiger partial charge on any atom is 0.416 e. The average molecular weight is 387 g/mol. The molecule has 6 nitrogen and oxygen atoms in total. The van der Waals surface area contributed by atoms with Gasteiger partial charge in [0.25, 0.3) is 0 Å². The van der Waals surface area contributed by atoms with Crippen LogP contribution < -0.4 is 10.1 Å². The minimum Gasteiger partial charge on any atom is -0.482 e. The first kappa shape index (κ1) is 20.7. The van der Waals surface area contributed by atoms with Crippen LogP contribution in [-0.2, 0) is 25.3 Å². The molecule has 1 aliphatic heterocycles. The molecule has 1 unspecified atom stereocenters. The third-order valence-electron chi connectivity index (χ3n) is 3.72. The van der Waals surface area contributed by atoms with Gasteiger partial charge in [-0.2, -0.15) is 13.2 Å². The molecule has 1 saturated heterocycles. The van der Waals surface area contributed by atoms with E-state index in [1.165, 1.54) is 6.07 Å². The van der Waals surface area contributed by atoms with Crippen LogP contribution >= 0.6 is 0 Å². The van der Waals surface area contributed by atoms with Crippen LogP contribution in [0.3, 0.4) is 0 Å². The van der Waals surface area contributed by atoms with Crippen molar-refractivity contribution in [2.24, 2.45) is 0 Å². The van der Waals surface area contributed by atoms with Gasteiger partial charge in [0.05, 0.1) is 11.5 Å². The molecule has 0 radical (unpaired) electrons. The summed E-state index contributed by atoms with van der Waals surface area (Å²) in [6, 6.07) is 3.12. The summed E-state index contributed by atoms with van der Waals surface area (Å²) in [6.45, 7) is 4.41. The van der Waals surface area contributed by atoms with Crippen molar-refractivity contribution in [1.82, 2.24) is 5.32 Å². The summed E-state index contributed by atoms with van der Waals surface area (Å²) in [5, 5.41) is 2.05. The first-order valence-electron chi connectivity index (χ1n) is 8.26. The van der Waals surface area contributed by atoms with E-state index in [1.54, 1.807) is 20.8 Å². The Morgan fingerprint density at radius 1 is 1.22 bits per heavy atom. The SMILES string of the molecule is CC(C)(C)OC(=O)COc1ccc(C2CCC(=O)NC2=O)c(C(F)(F)F)c1. The number of nitrogens with one attached hydrogen (secondary N) is 1. The molecule has 1 N–H and O–H groups in total. The van der Waals surface area contributed by atoms with Crippen LogP contribution in [0.4, 0.5) is 13.2 Å². The molecule has 1 heterocycles. The lowest BCUT2D eigenvalue weighted by Gasteiger charge is -2.24. The first-order chi connectivity index (χ1) is 12.4. The van der Waals surface area contributed by atoms with Gasteiger partial charge >= 0.3 is 12.1 Å². The molecule has 2 rings (SSSR count). The molecule has 148 valence electrons. The number of carbonyl (C=O) groups is 3. The summed E-state index contributed by atoms with van der Waals surface area (Å²) in [6.07, 6.45) is -4.78. The number of ether oxygens (including phenoxy) is 2. The summed E-state index contributed by atoms with van der Waals surface area (Å²) in [4.78, 5) is 34.8. The highest BCUT2D eigenvalue weighted by atomic mass is 19.4. The van der Waals surface area contributed by atoms with E-state index in [-0.39, 0.29) is 24.2 Å². The van der Waals surface area contributed by atoms with Gasteiger partial charge in [-0.25, -0.2) is 4.79 Å². The second-order valence-corrected chi connectivity index (χ2v) is 7.13. The molecular formula is C18H20F3NO5. The van der Waals surface area contributed by atoms with Crippen LogP contribution in [0.15, 0.2) is 18.2 Å². The van der Waals surface area contributed by atoms with E-state index in [0.717, 1.165) is 12.1 Å². The molecule has 0 bridgehead atoms. The van der Waals surface area contributed by atoms with Crippen molar-refractivity contribution < 1.29 is 37.0 Å². The Balaban J connectivity index is 2.22. The highest BCUT2D eigenvalue weighted by molar-refractivity contribution is 6.01. The summed E-state index contributed by atoms with van der Waals surface area (Å²) >= 11 is 0. The van der Waals surface area contributed by atoms with Crippen molar-refractivity contribution in [3.05, 3.63) is 29.3 Å². The fraction of sp³-hybridized carbons (Fsp3) is 0.500. The number of halogens is 3. The average Bonchev–Trinajstić information content (AvgIpc) is 2.50. The first-order valence-corrected chi connectivity index (χ1v) is 8.26. The molecule has 1 fully saturated rings. The normalized spacial score (nSPS) is 18.1. The Kier molecular flexibility index (Phi) is 5.82. The third-order valence-corrected chi connectivity index (χ3v) is 3.72. The Morgan fingerprint density at radius 2 is 1.89 bits per heavy atom. The number of alkyl halides is 3. The number of rotatable bonds is 4. The van der Waals surface area contributed by atoms with E-state index >= 15 is 0 Å². The number of hydrogen-bond acceptors (Lipinski definition) is 5. The molecule has 0 spiro atoms. The van der Waals surface area contributed by atoms with E-state index in [1.807, 2.05) is 5.32 Å². The van der Waals surface area contributed by atoms with Crippen LogP contribution in [0.1, 0.15) is 50.7 Å². The summed E-state index contributed by atoms with van der Waals surface area (Å²) < 4.78 is 50.5. The third kappa shape index (κ3) is 5.70. The smallest absolute Gasteiger partial charge is 0.416 e. The van der Waals surface area contributed by atoms with Gasteiger partial charge in [0.2, 0.25) is 11.8 Å². The summed E-state index contributed by atoms with van der Waals surface area (Å²) in [5.41, 5.74) is -2.02. The minimum absolute atomic E-state index is 0.00808. The standard InChI is InChI=1S/C18H20F3NO5/c1-17(2,3)27-15(24)9-26-10-4-5-11(13(8-10)18(19,20)21)12-6-7-14(23)22-16(12)25/h4-5,8,12H,6-7,9H2,1-3H3,(H,22,23,25). The zero-order chi connectivity index (χ0) is 20.4. The largest absolute Gasteiger partial charge is 0.482 e. The van der Waals surface area contributed by atoms with Crippen molar-refractivity contribution in [1.29, 1.82) is 0 Å². The van der Waals surface area contributed by atoms with Crippen LogP contribution in [0.5, 0.6) is 5.75 Å². The molecule has 2 amide bonds. The lowest BCUT2D eigenvalue weighted by Crippen LogP contribution is -2.40. The maximum absolute atomic E-state index is 13.5. The molecule has 0 saturated carbocycles. The monoisotopic (exact) mass is 387 g/mol. The van der Waals surface area contributed by atoms with Crippen molar-refractivity contribution in [2.45, 2.75) is 51.3 Å². The minimum atomic E-state index is -4.73. The number of piperidine rings is 1. The van der Waals surface area contributed by atoms with Crippen LogP contribution in [0.25, 0.3) is 0 Å². The molecule has 0 aromatic heterocycles. The summed E-state index contributed by atoms with van der Waals surface area (Å²) in [7, 11) is 0. The highest BCUT2D eigenvalue weighted by Gasteiger charge is 2.39. The topological polar surface area (TPSA) is 81.7 Å². The van der Waals surface area contributed by atoms with Crippen molar-refractivity contribution in [3.63, 3.8) is 0 Å². The van der Waals surface area contributed by atoms with Crippen LogP contribution in [0.2, 0.25) is 0 Å². The second-order valence-electron chi connectivity index (χ2n) is 7.13. The molecule has 0 aliphatic carbocycles. The number of carbonyl (C=O) groups excluding carboxylic acids is 3. The lowest BCUT2D eigenvalue weighted by atomic mass is 9.87. The number of imide groups is 1. The fourth-order valence-corrected chi connectivity index (χ4v) is 2.68. The van der Waals surface area contributed by atoms with Gasteiger partial charge in [-0.15, -0.1) is 0 Å². The zero-order valence-electron chi connectivity index (χ0n) is 15.1. The van der Waals surface area contributed by atoms with Crippen LogP contribution in [-0.4, -0.2) is 30.0 Å². The van der Waals surface area contributed by atoms with Gasteiger partial charge < -0.3 is 9.47 Å². The number of esters is 1. The van der Waals surface area contributed by atoms with Crippen molar-refractivity contribution in [3.8, 4) is 5.75 Å². The van der Waals surface area contributed by atoms with Crippen molar-refractivity contribution >= 4 is 17.8 Å². The maximum atomic E-state index is 13.5. The Morgan fingerprint density at radius 3 is 2.44 bits per heavy atom. The van der Waals surface area contributed by atoms with Gasteiger partial charge in [-0.3, -0.25) is 14.9 Å². The van der Waals surface area contributed by atoms with Gasteiger partial charge in [-0.1, -0.05) is 6.07 Å². The quantitative estimate of drug-likeness (QED) is 0.635. The van der Waals surface area contributed by atoms with Crippen molar-refractivity contribution in [2.75, 3.05) is 6.61 Å². The number of hydrogen-bond donors (Lipinski definition) is 1. The van der Waals surface area contributed by atoms with E-state index in [2.05, 4.69) is 0 Å². The Bertz CT molecular complexity index is 752. The highest BCUT2D eigenvalue weighted by Crippen LogP contribution is 2.39. The van der Waals surface area contributed by atoms with Gasteiger partial charge in [-0.05, 0) is 44.9 Å². The molecular weight excluding hydrogens is 367 g/mol. The number of benzene rings is 1. The molecule has 1 aromatic carbocycles. The molecule has 1 aromatic rings. The molecule has 1 aliphatic rings. The van der Waals surface area contributed by atoms with Gasteiger partial charge in [0.15, 0.2) is 6.61 Å². The van der Waals surface area contributed by atoms with Crippen LogP contribution in [0, 0.1) is 0 Å². The van der Waals surface area contributed by atoms with E-state index in [0.29, 0.717) is 0 Å². The number of amides is 2. The molecule has 27 heavy (non-hydrogen) atoms. The predicted molar refractivity (Wildman–Crippen MR) is 87.9 cm³/mol. The predicted octanol–water partition coefficient (Wildman–Crippen LogP) is 2.95. The molecule has 1 atom stereocenters. The molecule has 9 heteroatoms. The summed E-state index contributed by atoms with van der Waals surface area (Å²) in [5.74, 6) is -3.25. The lowest BCUT2D eigenvalue weighted by molar-refractivity contribution is -0.157. The fourth-order valence-electron chi connectivity index (χ4n) is 2.68. The van der Waals surface area contributed by atoms with Gasteiger partial charge in [0.1, 0.15) is 11.4 Å². The van der Waals surface area contributed by atoms with Gasteiger partial charge in [0, 0.05) is 6.42 Å². The van der Waals surface area contributed by atoms with E-state index < -0.39 is 47.6 Å². The second kappa shape index (κ2) is 7.58. The van der Waals surface area contributed by atoms with E-state index in [4.69, 9.17) is 9.47 Å². The zero-order valence-corrected chi connectivity index (χ0v) is 15.1. The van der Waals surface area contributed by atoms with E-state index in [9.17, 15) is 27.6 Å². The Labute approximate surface area is 154 Å².